The Hall–Kier alpha value is -1.15. The minimum Gasteiger partial charge on any atom is -0.369 e. The summed E-state index contributed by atoms with van der Waals surface area (Å²) >= 11 is 3.51. The highest BCUT2D eigenvalue weighted by molar-refractivity contribution is 9.26. The topological polar surface area (TPSA) is 100 Å². The largest absolute Gasteiger partial charge is 0.369 e. The third kappa shape index (κ3) is 4.15. The van der Waals surface area contributed by atoms with Gasteiger partial charge in [-0.15, -0.1) is 15.3 Å². The molecular weight excluding hydrogens is 290 g/mol. The first-order valence-electron chi connectivity index (χ1n) is 4.65. The van der Waals surface area contributed by atoms with Gasteiger partial charge >= 0.3 is 0 Å². The molecule has 0 spiro atoms. The number of anilines is 1. The number of H-pyrrole nitrogens is 2. The van der Waals surface area contributed by atoms with Crippen molar-refractivity contribution in [3.63, 3.8) is 0 Å². The van der Waals surface area contributed by atoms with E-state index < -0.39 is 6.69 Å². The van der Waals surface area contributed by atoms with Crippen molar-refractivity contribution >= 4 is 39.1 Å². The summed E-state index contributed by atoms with van der Waals surface area (Å²) in [5, 5.41) is 0. The molecule has 0 saturated heterocycles. The molecule has 88 valence electrons. The van der Waals surface area contributed by atoms with Gasteiger partial charge in [-0.1, -0.05) is 19.6 Å². The molecule has 0 aliphatic rings. The highest BCUT2D eigenvalue weighted by Gasteiger charge is 2.03. The molecule has 0 saturated carbocycles. The maximum atomic E-state index is 11.0. The molecule has 0 bridgehead atoms. The van der Waals surface area contributed by atoms with Gasteiger partial charge in [0.1, 0.15) is 6.69 Å². The Morgan fingerprint density at radius 2 is 2.00 bits per heavy atom. The van der Waals surface area contributed by atoms with Crippen LogP contribution in [0.4, 0.5) is 5.95 Å². The van der Waals surface area contributed by atoms with Crippen LogP contribution >= 0.6 is 15.3 Å². The molecule has 8 heteroatoms. The molecule has 0 atom stereocenters. The van der Waals surface area contributed by atoms with E-state index in [1.54, 1.807) is 0 Å². The molecule has 0 radical (unpaired) electrons. The van der Waals surface area contributed by atoms with Gasteiger partial charge in [0.15, 0.2) is 11.2 Å². The molecular formula is C8H14BrN5OSi. The number of nitrogen functional groups attached to an aromatic ring is 1. The number of nitrogens with two attached hydrogens (primary N) is 1. The molecule has 2 aromatic heterocycles. The van der Waals surface area contributed by atoms with Crippen LogP contribution < -0.4 is 11.3 Å². The van der Waals surface area contributed by atoms with Crippen LogP contribution in [0.3, 0.4) is 0 Å². The zero-order valence-corrected chi connectivity index (χ0v) is 11.9. The van der Waals surface area contributed by atoms with Crippen molar-refractivity contribution in [1.82, 2.24) is 19.9 Å². The Balaban J connectivity index is 0.000000221. The number of imidazole rings is 1. The number of fused-ring (bicyclic) bond motifs is 1. The van der Waals surface area contributed by atoms with Gasteiger partial charge in [0.05, 0.1) is 6.33 Å². The van der Waals surface area contributed by atoms with E-state index in [1.807, 2.05) is 0 Å². The smallest absolute Gasteiger partial charge is 0.278 e. The number of halogens is 1. The minimum atomic E-state index is -0.799. The van der Waals surface area contributed by atoms with Crippen molar-refractivity contribution in [1.29, 1.82) is 0 Å². The third-order valence-electron chi connectivity index (χ3n) is 1.31. The van der Waals surface area contributed by atoms with Crippen molar-refractivity contribution < 1.29 is 0 Å². The Morgan fingerprint density at radius 1 is 1.44 bits per heavy atom. The van der Waals surface area contributed by atoms with Gasteiger partial charge in [-0.3, -0.25) is 9.78 Å². The van der Waals surface area contributed by atoms with E-state index in [2.05, 4.69) is 54.9 Å². The fourth-order valence-electron chi connectivity index (χ4n) is 0.860. The predicted octanol–water partition coefficient (Wildman–Crippen LogP) is 1.44. The van der Waals surface area contributed by atoms with E-state index in [9.17, 15) is 4.79 Å². The zero-order chi connectivity index (χ0) is 12.3. The van der Waals surface area contributed by atoms with Crippen molar-refractivity contribution in [2.24, 2.45) is 0 Å². The van der Waals surface area contributed by atoms with Crippen LogP contribution in [0.5, 0.6) is 0 Å². The number of aromatic nitrogens is 4. The molecule has 4 N–H and O–H groups in total. The summed E-state index contributed by atoms with van der Waals surface area (Å²) in [5.74, 6) is 0.0783. The maximum absolute atomic E-state index is 11.0. The van der Waals surface area contributed by atoms with E-state index in [1.165, 1.54) is 6.33 Å². The van der Waals surface area contributed by atoms with Crippen molar-refractivity contribution in [3.8, 4) is 0 Å². The molecule has 16 heavy (non-hydrogen) atoms. The first-order chi connectivity index (χ1) is 7.27. The van der Waals surface area contributed by atoms with Crippen LogP contribution in [-0.2, 0) is 0 Å². The van der Waals surface area contributed by atoms with E-state index in [0.717, 1.165) is 0 Å². The van der Waals surface area contributed by atoms with Crippen molar-refractivity contribution in [2.45, 2.75) is 19.6 Å². The Morgan fingerprint density at radius 3 is 2.56 bits per heavy atom. The highest BCUT2D eigenvalue weighted by atomic mass is 79.9. The number of rotatable bonds is 0. The zero-order valence-electron chi connectivity index (χ0n) is 9.34. The molecule has 0 amide bonds. The number of hydrogen-bond donors (Lipinski definition) is 3. The van der Waals surface area contributed by atoms with E-state index in [-0.39, 0.29) is 11.5 Å². The standard InChI is InChI=1S/C5H5N5O.C3H9BrSi/c6-5-9-3-2(4(11)10-5)7-1-8-3;1-5(2,3)4/h1H,(H4,6,7,8,9,10,11);1-3H3. The number of nitrogens with one attached hydrogen (secondary N) is 2. The Kier molecular flexibility index (Phi) is 3.86. The Bertz CT molecular complexity index is 523. The van der Waals surface area contributed by atoms with Crippen LogP contribution in [-0.4, -0.2) is 26.6 Å². The number of aromatic amines is 2. The van der Waals surface area contributed by atoms with Gasteiger partial charge in [0.2, 0.25) is 5.95 Å². The molecule has 2 rings (SSSR count). The summed E-state index contributed by atoms with van der Waals surface area (Å²) < 4.78 is 0. The molecule has 0 fully saturated rings. The van der Waals surface area contributed by atoms with Gasteiger partial charge < -0.3 is 10.7 Å². The summed E-state index contributed by atoms with van der Waals surface area (Å²) in [4.78, 5) is 23.5. The average molecular weight is 304 g/mol. The lowest BCUT2D eigenvalue weighted by Gasteiger charge is -1.98. The summed E-state index contributed by atoms with van der Waals surface area (Å²) in [6, 6.07) is 0. The van der Waals surface area contributed by atoms with Crippen molar-refractivity contribution in [2.75, 3.05) is 5.73 Å². The van der Waals surface area contributed by atoms with E-state index >= 15 is 0 Å². The molecule has 0 aliphatic heterocycles. The number of hydrogen-bond acceptors (Lipinski definition) is 4. The molecule has 0 aromatic carbocycles. The van der Waals surface area contributed by atoms with Gasteiger partial charge in [-0.05, 0) is 0 Å². The summed E-state index contributed by atoms with van der Waals surface area (Å²) in [5.41, 5.74) is 5.65. The first kappa shape index (κ1) is 12.9. The SMILES string of the molecule is C[Si](C)(C)Br.Nc1nc2nc[nH]c2c(=O)[nH]1. The fourth-order valence-corrected chi connectivity index (χ4v) is 0.860. The normalized spacial score (nSPS) is 11.0. The van der Waals surface area contributed by atoms with Crippen LogP contribution in [0.2, 0.25) is 19.6 Å². The minimum absolute atomic E-state index is 0.0783. The van der Waals surface area contributed by atoms with Gasteiger partial charge in [0.25, 0.3) is 5.56 Å². The number of nitrogens with zero attached hydrogens (tertiary/aromatic N) is 2. The van der Waals surface area contributed by atoms with Gasteiger partial charge in [-0.2, -0.15) is 4.98 Å². The molecule has 0 unspecified atom stereocenters. The average Bonchev–Trinajstić information content (AvgIpc) is 2.47. The highest BCUT2D eigenvalue weighted by Crippen LogP contribution is 2.07. The summed E-state index contributed by atoms with van der Waals surface area (Å²) in [6.45, 7) is 5.93. The lowest BCUT2D eigenvalue weighted by atomic mass is 10.5. The Labute approximate surface area is 101 Å². The lowest BCUT2D eigenvalue weighted by molar-refractivity contribution is 1.17. The lowest BCUT2D eigenvalue weighted by Crippen LogP contribution is -2.10. The van der Waals surface area contributed by atoms with Crippen molar-refractivity contribution in [3.05, 3.63) is 16.7 Å². The first-order valence-corrected chi connectivity index (χ1v) is 10.4. The second kappa shape index (κ2) is 4.79. The molecule has 2 heterocycles. The van der Waals surface area contributed by atoms with E-state index in [4.69, 9.17) is 5.73 Å². The quantitative estimate of drug-likeness (QED) is 0.506. The fraction of sp³-hybridized carbons (Fsp3) is 0.375. The summed E-state index contributed by atoms with van der Waals surface area (Å²) in [7, 11) is 0. The summed E-state index contributed by atoms with van der Waals surface area (Å²) in [6.07, 6.45) is 1.40. The monoisotopic (exact) mass is 303 g/mol. The van der Waals surface area contributed by atoms with Crippen LogP contribution in [0.25, 0.3) is 11.2 Å². The second-order valence-corrected chi connectivity index (χ2v) is 15.4. The van der Waals surface area contributed by atoms with Crippen LogP contribution in [0.15, 0.2) is 11.1 Å². The van der Waals surface area contributed by atoms with E-state index in [0.29, 0.717) is 11.2 Å². The van der Waals surface area contributed by atoms with Crippen LogP contribution in [0, 0.1) is 0 Å². The van der Waals surface area contributed by atoms with Gasteiger partial charge in [0, 0.05) is 0 Å². The predicted molar refractivity (Wildman–Crippen MR) is 71.2 cm³/mol. The molecule has 2 aromatic rings. The van der Waals surface area contributed by atoms with Crippen LogP contribution in [0.1, 0.15) is 0 Å². The molecule has 0 aliphatic carbocycles. The second-order valence-electron chi connectivity index (χ2n) is 4.12. The van der Waals surface area contributed by atoms with Gasteiger partial charge in [-0.25, -0.2) is 4.98 Å². The maximum Gasteiger partial charge on any atom is 0.278 e. The third-order valence-corrected chi connectivity index (χ3v) is 1.31. The molecule has 6 nitrogen and oxygen atoms in total.